The van der Waals surface area contributed by atoms with Crippen molar-refractivity contribution in [3.8, 4) is 16.9 Å². The van der Waals surface area contributed by atoms with E-state index in [-0.39, 0.29) is 12.4 Å². The quantitative estimate of drug-likeness (QED) is 0.350. The molecule has 144 valence electrons. The molecule has 0 fully saturated rings. The van der Waals surface area contributed by atoms with E-state index in [9.17, 15) is 14.0 Å². The maximum atomic E-state index is 13.1. The fourth-order valence-electron chi connectivity index (χ4n) is 3.22. The van der Waals surface area contributed by atoms with Crippen molar-refractivity contribution in [2.75, 3.05) is 6.61 Å². The van der Waals surface area contributed by atoms with Crippen LogP contribution >= 0.6 is 0 Å². The average molecular weight is 388 g/mol. The third-order valence-corrected chi connectivity index (χ3v) is 4.56. The van der Waals surface area contributed by atoms with Gasteiger partial charge in [-0.1, -0.05) is 30.3 Å². The fraction of sp³-hybridized carbons (Fsp3) is 0.0833. The van der Waals surface area contributed by atoms with Crippen molar-refractivity contribution in [1.29, 1.82) is 0 Å². The smallest absolute Gasteiger partial charge is 0.336 e. The molecule has 4 nitrogen and oxygen atoms in total. The minimum absolute atomic E-state index is 0.225. The fourth-order valence-corrected chi connectivity index (χ4v) is 3.22. The molecule has 5 heteroatoms. The zero-order valence-electron chi connectivity index (χ0n) is 15.6. The lowest BCUT2D eigenvalue weighted by atomic mass is 10.0. The highest BCUT2D eigenvalue weighted by Crippen LogP contribution is 2.35. The normalized spacial score (nSPS) is 10.8. The van der Waals surface area contributed by atoms with E-state index < -0.39 is 11.4 Å². The molecule has 1 aromatic heterocycles. The Morgan fingerprint density at radius 2 is 1.72 bits per heavy atom. The molecule has 0 atom stereocenters. The first-order valence-electron chi connectivity index (χ1n) is 9.07. The second-order valence-corrected chi connectivity index (χ2v) is 6.70. The van der Waals surface area contributed by atoms with E-state index in [2.05, 4.69) is 0 Å². The summed E-state index contributed by atoms with van der Waals surface area (Å²) in [5.74, 6) is -0.244. The van der Waals surface area contributed by atoms with Crippen molar-refractivity contribution in [2.45, 2.75) is 6.92 Å². The predicted molar refractivity (Wildman–Crippen MR) is 109 cm³/mol. The highest BCUT2D eigenvalue weighted by molar-refractivity contribution is 6.00. The minimum Gasteiger partial charge on any atom is -0.485 e. The van der Waals surface area contributed by atoms with Crippen LogP contribution in [0.3, 0.4) is 0 Å². The van der Waals surface area contributed by atoms with Crippen molar-refractivity contribution in [2.24, 2.45) is 0 Å². The molecule has 4 rings (SSSR count). The Morgan fingerprint density at radius 3 is 2.45 bits per heavy atom. The Balaban J connectivity index is 1.76. The van der Waals surface area contributed by atoms with Gasteiger partial charge in [-0.3, -0.25) is 4.79 Å². The molecule has 1 heterocycles. The predicted octanol–water partition coefficient (Wildman–Crippen LogP) is 5.17. The van der Waals surface area contributed by atoms with Crippen LogP contribution in [-0.4, -0.2) is 12.4 Å². The van der Waals surface area contributed by atoms with Crippen LogP contribution in [0.2, 0.25) is 0 Å². The van der Waals surface area contributed by atoms with Crippen molar-refractivity contribution in [3.63, 3.8) is 0 Å². The molecule has 4 aromatic rings. The zero-order chi connectivity index (χ0) is 20.4. The molecule has 0 amide bonds. The van der Waals surface area contributed by atoms with Crippen LogP contribution in [0.1, 0.15) is 15.9 Å². The second-order valence-electron chi connectivity index (χ2n) is 6.70. The van der Waals surface area contributed by atoms with E-state index in [1.807, 2.05) is 37.3 Å². The van der Waals surface area contributed by atoms with Crippen LogP contribution in [-0.2, 0) is 0 Å². The lowest BCUT2D eigenvalue weighted by Gasteiger charge is -2.13. The highest BCUT2D eigenvalue weighted by atomic mass is 19.1. The Hall–Kier alpha value is -3.73. The van der Waals surface area contributed by atoms with Gasteiger partial charge in [-0.05, 0) is 54.4 Å². The number of carbonyl (C=O) groups is 1. The number of carbonyl (C=O) groups excluding carboxylic acids is 1. The number of hydrogen-bond acceptors (Lipinski definition) is 4. The molecule has 0 N–H and O–H groups in total. The lowest BCUT2D eigenvalue weighted by molar-refractivity contribution is 0.0922. The first-order valence-corrected chi connectivity index (χ1v) is 9.07. The summed E-state index contributed by atoms with van der Waals surface area (Å²) in [6, 6.07) is 19.7. The van der Waals surface area contributed by atoms with E-state index in [1.54, 1.807) is 12.1 Å². The van der Waals surface area contributed by atoms with Crippen LogP contribution in [0.5, 0.6) is 5.75 Å². The maximum Gasteiger partial charge on any atom is 0.336 e. The first kappa shape index (κ1) is 18.6. The van der Waals surface area contributed by atoms with Crippen LogP contribution < -0.4 is 10.4 Å². The van der Waals surface area contributed by atoms with Crippen molar-refractivity contribution >= 4 is 16.8 Å². The molecule has 0 spiro atoms. The van der Waals surface area contributed by atoms with E-state index in [4.69, 9.17) is 9.15 Å². The molecule has 0 bridgehead atoms. The van der Waals surface area contributed by atoms with Gasteiger partial charge in [0.2, 0.25) is 0 Å². The van der Waals surface area contributed by atoms with Crippen molar-refractivity contribution in [3.05, 3.63) is 100 Å². The molecule has 0 aliphatic heterocycles. The Bertz CT molecular complexity index is 1240. The SMILES string of the molecule is Cc1cc(OCC(=O)c2ccc(F)cc2)c2c(-c3ccccc3)cc(=O)oc2c1. The summed E-state index contributed by atoms with van der Waals surface area (Å²) in [5.41, 5.74) is 2.62. The molecule has 29 heavy (non-hydrogen) atoms. The number of Topliss-reactive ketones (excluding diaryl/α,β-unsaturated/α-hetero) is 1. The van der Waals surface area contributed by atoms with Crippen molar-refractivity contribution < 1.29 is 18.3 Å². The van der Waals surface area contributed by atoms with Gasteiger partial charge in [0.1, 0.15) is 17.1 Å². The summed E-state index contributed by atoms with van der Waals surface area (Å²) in [7, 11) is 0. The van der Waals surface area contributed by atoms with Crippen LogP contribution in [0, 0.1) is 12.7 Å². The second kappa shape index (κ2) is 7.72. The molecular formula is C24H17FO4. The molecule has 0 radical (unpaired) electrons. The Kier molecular flexibility index (Phi) is 4.96. The van der Waals surface area contributed by atoms with Gasteiger partial charge >= 0.3 is 5.63 Å². The number of hydrogen-bond donors (Lipinski definition) is 0. The molecule has 0 aliphatic rings. The third kappa shape index (κ3) is 3.94. The van der Waals surface area contributed by atoms with E-state index in [0.29, 0.717) is 27.8 Å². The summed E-state index contributed by atoms with van der Waals surface area (Å²) in [4.78, 5) is 24.5. The maximum absolute atomic E-state index is 13.1. The molecule has 0 saturated heterocycles. The summed E-state index contributed by atoms with van der Waals surface area (Å²) in [5, 5.41) is 0.619. The van der Waals surface area contributed by atoms with Gasteiger partial charge in [-0.15, -0.1) is 0 Å². The monoisotopic (exact) mass is 388 g/mol. The number of ether oxygens (including phenoxy) is 1. The summed E-state index contributed by atoms with van der Waals surface area (Å²) in [6.07, 6.45) is 0. The van der Waals surface area contributed by atoms with Gasteiger partial charge in [0.15, 0.2) is 12.4 Å². The van der Waals surface area contributed by atoms with Gasteiger partial charge in [0.25, 0.3) is 0 Å². The summed E-state index contributed by atoms with van der Waals surface area (Å²) in [6.45, 7) is 1.63. The van der Waals surface area contributed by atoms with Gasteiger partial charge in [-0.2, -0.15) is 0 Å². The number of fused-ring (bicyclic) bond motifs is 1. The number of halogens is 1. The summed E-state index contributed by atoms with van der Waals surface area (Å²) >= 11 is 0. The van der Waals surface area contributed by atoms with Crippen LogP contribution in [0.4, 0.5) is 4.39 Å². The average Bonchev–Trinajstić information content (AvgIpc) is 2.72. The molecule has 3 aromatic carbocycles. The first-order chi connectivity index (χ1) is 14.0. The van der Waals surface area contributed by atoms with Crippen molar-refractivity contribution in [1.82, 2.24) is 0 Å². The minimum atomic E-state index is -0.463. The standard InChI is InChI=1S/C24H17FO4/c1-15-11-21(28-14-20(26)17-7-9-18(25)10-8-17)24-19(16-5-3-2-4-6-16)13-23(27)29-22(24)12-15/h2-13H,14H2,1H3. The zero-order valence-corrected chi connectivity index (χ0v) is 15.6. The van der Waals surface area contributed by atoms with Gasteiger partial charge in [-0.25, -0.2) is 9.18 Å². The van der Waals surface area contributed by atoms with E-state index >= 15 is 0 Å². The molecule has 0 unspecified atom stereocenters. The largest absolute Gasteiger partial charge is 0.485 e. The Morgan fingerprint density at radius 1 is 1.00 bits per heavy atom. The van der Waals surface area contributed by atoms with Crippen LogP contribution in [0.15, 0.2) is 82.0 Å². The third-order valence-electron chi connectivity index (χ3n) is 4.56. The highest BCUT2D eigenvalue weighted by Gasteiger charge is 2.15. The van der Waals surface area contributed by atoms with Gasteiger partial charge in [0.05, 0.1) is 5.39 Å². The molecule has 0 aliphatic carbocycles. The Labute approximate surface area is 166 Å². The van der Waals surface area contributed by atoms with Crippen LogP contribution in [0.25, 0.3) is 22.1 Å². The summed E-state index contributed by atoms with van der Waals surface area (Å²) < 4.78 is 24.3. The number of benzene rings is 3. The number of rotatable bonds is 5. The van der Waals surface area contributed by atoms with Gasteiger partial charge < -0.3 is 9.15 Å². The molecule has 0 saturated carbocycles. The van der Waals surface area contributed by atoms with E-state index in [1.165, 1.54) is 30.3 Å². The number of aryl methyl sites for hydroxylation is 1. The lowest BCUT2D eigenvalue weighted by Crippen LogP contribution is -2.12. The topological polar surface area (TPSA) is 56.5 Å². The van der Waals surface area contributed by atoms with E-state index in [0.717, 1.165) is 11.1 Å². The number of ketones is 1. The van der Waals surface area contributed by atoms with Gasteiger partial charge in [0, 0.05) is 17.2 Å². The molecular weight excluding hydrogens is 371 g/mol.